The molecule has 1 aliphatic rings. The third kappa shape index (κ3) is 2.97. The summed E-state index contributed by atoms with van der Waals surface area (Å²) in [5.74, 6) is 0. The predicted octanol–water partition coefficient (Wildman–Crippen LogP) is 7.90. The summed E-state index contributed by atoms with van der Waals surface area (Å²) in [6.45, 7) is 13.3. The van der Waals surface area contributed by atoms with Crippen LogP contribution < -0.4 is 0 Å². The Morgan fingerprint density at radius 2 is 0.742 bits per heavy atom. The number of rotatable bonds is 2. The van der Waals surface area contributed by atoms with E-state index >= 15 is 0 Å². The molecular weight excluding hydrogens is 372 g/mol. The Bertz CT molecular complexity index is 1190. The van der Waals surface area contributed by atoms with E-state index in [2.05, 4.69) is 114 Å². The Morgan fingerprint density at radius 1 is 0.387 bits per heavy atom. The minimum atomic E-state index is -0.309. The van der Waals surface area contributed by atoms with Gasteiger partial charge in [-0.1, -0.05) is 106 Å². The summed E-state index contributed by atoms with van der Waals surface area (Å²) in [7, 11) is 0. The van der Waals surface area contributed by atoms with Crippen molar-refractivity contribution in [2.45, 2.75) is 47.0 Å². The standard InChI is InChI=1S/C31H30/c1-19-7-9-27-28-10-8-20(2)18-30(28)31(29(27)17-19,25-13-21(3)11-22(4)14-25)26-15-23(5)12-24(6)16-26/h7-18H,1-6H3. The van der Waals surface area contributed by atoms with Gasteiger partial charge in [-0.25, -0.2) is 0 Å². The third-order valence-corrected chi connectivity index (χ3v) is 6.76. The Hall–Kier alpha value is -3.12. The van der Waals surface area contributed by atoms with Crippen molar-refractivity contribution in [1.82, 2.24) is 0 Å². The monoisotopic (exact) mass is 402 g/mol. The van der Waals surface area contributed by atoms with E-state index in [1.54, 1.807) is 0 Å². The smallest absolute Gasteiger partial charge is 0.0587 e. The molecule has 154 valence electrons. The number of aryl methyl sites for hydroxylation is 6. The molecule has 0 radical (unpaired) electrons. The molecule has 5 rings (SSSR count). The number of hydrogen-bond acceptors (Lipinski definition) is 0. The Morgan fingerprint density at radius 3 is 1.10 bits per heavy atom. The van der Waals surface area contributed by atoms with Crippen LogP contribution in [0.25, 0.3) is 11.1 Å². The molecular formula is C31H30. The molecule has 0 amide bonds. The highest BCUT2D eigenvalue weighted by Crippen LogP contribution is 2.56. The van der Waals surface area contributed by atoms with Gasteiger partial charge in [-0.3, -0.25) is 0 Å². The van der Waals surface area contributed by atoms with Gasteiger partial charge in [0.1, 0.15) is 0 Å². The largest absolute Gasteiger partial charge is 0.0714 e. The summed E-state index contributed by atoms with van der Waals surface area (Å²) < 4.78 is 0. The molecule has 0 aliphatic heterocycles. The van der Waals surface area contributed by atoms with Gasteiger partial charge in [0.2, 0.25) is 0 Å². The van der Waals surface area contributed by atoms with Crippen LogP contribution in [0, 0.1) is 41.5 Å². The molecule has 4 aromatic rings. The van der Waals surface area contributed by atoms with Crippen molar-refractivity contribution < 1.29 is 0 Å². The molecule has 0 bridgehead atoms. The van der Waals surface area contributed by atoms with Gasteiger partial charge < -0.3 is 0 Å². The molecule has 0 atom stereocenters. The lowest BCUT2D eigenvalue weighted by Gasteiger charge is -2.35. The van der Waals surface area contributed by atoms with Gasteiger partial charge in [0, 0.05) is 0 Å². The average molecular weight is 403 g/mol. The van der Waals surface area contributed by atoms with Crippen LogP contribution in [0.15, 0.2) is 72.8 Å². The van der Waals surface area contributed by atoms with Crippen molar-refractivity contribution in [3.63, 3.8) is 0 Å². The van der Waals surface area contributed by atoms with Crippen LogP contribution in [-0.4, -0.2) is 0 Å². The Balaban J connectivity index is 2.03. The topological polar surface area (TPSA) is 0 Å². The number of fused-ring (bicyclic) bond motifs is 3. The molecule has 0 heterocycles. The summed E-state index contributed by atoms with van der Waals surface area (Å²) in [4.78, 5) is 0. The van der Waals surface area contributed by atoms with E-state index in [1.165, 1.54) is 66.8 Å². The molecule has 4 aromatic carbocycles. The van der Waals surface area contributed by atoms with Crippen LogP contribution in [0.1, 0.15) is 55.6 Å². The zero-order valence-electron chi connectivity index (χ0n) is 19.4. The van der Waals surface area contributed by atoms with E-state index < -0.39 is 0 Å². The fourth-order valence-electron chi connectivity index (χ4n) is 5.72. The van der Waals surface area contributed by atoms with Gasteiger partial charge in [-0.15, -0.1) is 0 Å². The van der Waals surface area contributed by atoms with Crippen LogP contribution in [0.4, 0.5) is 0 Å². The second kappa shape index (κ2) is 6.95. The molecule has 1 aliphatic carbocycles. The minimum absolute atomic E-state index is 0.309. The maximum atomic E-state index is 2.42. The second-order valence-electron chi connectivity index (χ2n) is 9.60. The van der Waals surface area contributed by atoms with Crippen molar-refractivity contribution >= 4 is 0 Å². The molecule has 0 saturated heterocycles. The van der Waals surface area contributed by atoms with Gasteiger partial charge in [0.25, 0.3) is 0 Å². The lowest BCUT2D eigenvalue weighted by atomic mass is 9.66. The minimum Gasteiger partial charge on any atom is -0.0587 e. The van der Waals surface area contributed by atoms with E-state index in [4.69, 9.17) is 0 Å². The average Bonchev–Trinajstić information content (AvgIpc) is 2.96. The maximum absolute atomic E-state index is 2.42. The molecule has 0 spiro atoms. The molecule has 0 heteroatoms. The summed E-state index contributed by atoms with van der Waals surface area (Å²) in [6, 6.07) is 28.1. The first kappa shape index (κ1) is 19.8. The van der Waals surface area contributed by atoms with Gasteiger partial charge >= 0.3 is 0 Å². The van der Waals surface area contributed by atoms with E-state index in [0.29, 0.717) is 0 Å². The van der Waals surface area contributed by atoms with E-state index in [9.17, 15) is 0 Å². The summed E-state index contributed by atoms with van der Waals surface area (Å²) in [5, 5.41) is 0. The fourth-order valence-corrected chi connectivity index (χ4v) is 5.72. The first-order valence-electron chi connectivity index (χ1n) is 11.2. The summed E-state index contributed by atoms with van der Waals surface area (Å²) >= 11 is 0. The molecule has 31 heavy (non-hydrogen) atoms. The molecule has 0 unspecified atom stereocenters. The molecule has 0 nitrogen and oxygen atoms in total. The van der Waals surface area contributed by atoms with E-state index in [-0.39, 0.29) is 5.41 Å². The van der Waals surface area contributed by atoms with Crippen LogP contribution in [-0.2, 0) is 5.41 Å². The van der Waals surface area contributed by atoms with Gasteiger partial charge in [-0.05, 0) is 74.9 Å². The third-order valence-electron chi connectivity index (χ3n) is 6.76. The van der Waals surface area contributed by atoms with Crippen molar-refractivity contribution in [3.05, 3.63) is 128 Å². The van der Waals surface area contributed by atoms with E-state index in [1.807, 2.05) is 0 Å². The molecule has 0 N–H and O–H groups in total. The number of benzene rings is 4. The SMILES string of the molecule is Cc1cc(C)cc(C2(c3cc(C)cc(C)c3)c3cc(C)ccc3-c3ccc(C)cc32)c1. The van der Waals surface area contributed by atoms with Crippen LogP contribution in [0.5, 0.6) is 0 Å². The maximum Gasteiger partial charge on any atom is 0.0714 e. The fraction of sp³-hybridized carbons (Fsp3) is 0.226. The zero-order valence-corrected chi connectivity index (χ0v) is 19.4. The summed E-state index contributed by atoms with van der Waals surface area (Å²) in [6.07, 6.45) is 0. The summed E-state index contributed by atoms with van der Waals surface area (Å²) in [5.41, 5.74) is 15.8. The second-order valence-corrected chi connectivity index (χ2v) is 9.60. The molecule has 0 fully saturated rings. The van der Waals surface area contributed by atoms with Crippen molar-refractivity contribution in [3.8, 4) is 11.1 Å². The highest BCUT2D eigenvalue weighted by Gasteiger charge is 2.46. The van der Waals surface area contributed by atoms with Crippen LogP contribution >= 0.6 is 0 Å². The Labute approximate surface area is 186 Å². The van der Waals surface area contributed by atoms with Crippen LogP contribution in [0.2, 0.25) is 0 Å². The van der Waals surface area contributed by atoms with Crippen molar-refractivity contribution in [2.75, 3.05) is 0 Å². The quantitative estimate of drug-likeness (QED) is 0.281. The number of hydrogen-bond donors (Lipinski definition) is 0. The lowest BCUT2D eigenvalue weighted by molar-refractivity contribution is 0.762. The Kier molecular flexibility index (Phi) is 4.45. The first-order chi connectivity index (χ1) is 14.8. The van der Waals surface area contributed by atoms with Crippen molar-refractivity contribution in [1.29, 1.82) is 0 Å². The lowest BCUT2D eigenvalue weighted by Crippen LogP contribution is -2.29. The first-order valence-corrected chi connectivity index (χ1v) is 11.2. The highest BCUT2D eigenvalue weighted by atomic mass is 14.5. The van der Waals surface area contributed by atoms with Gasteiger partial charge in [-0.2, -0.15) is 0 Å². The zero-order chi connectivity index (χ0) is 21.9. The van der Waals surface area contributed by atoms with Gasteiger partial charge in [0.15, 0.2) is 0 Å². The normalized spacial score (nSPS) is 13.7. The molecule has 0 aromatic heterocycles. The van der Waals surface area contributed by atoms with Gasteiger partial charge in [0.05, 0.1) is 5.41 Å². The molecule has 0 saturated carbocycles. The van der Waals surface area contributed by atoms with Crippen molar-refractivity contribution in [2.24, 2.45) is 0 Å². The highest BCUT2D eigenvalue weighted by molar-refractivity contribution is 5.87. The predicted molar refractivity (Wildman–Crippen MR) is 132 cm³/mol. The van der Waals surface area contributed by atoms with Crippen LogP contribution in [0.3, 0.4) is 0 Å². The van der Waals surface area contributed by atoms with E-state index in [0.717, 1.165) is 0 Å².